The Bertz CT molecular complexity index is 2080. The van der Waals surface area contributed by atoms with E-state index in [-0.39, 0.29) is 30.0 Å². The van der Waals surface area contributed by atoms with Crippen molar-refractivity contribution >= 4 is 51.9 Å². The van der Waals surface area contributed by atoms with Gasteiger partial charge < -0.3 is 24.4 Å². The quantitative estimate of drug-likeness (QED) is 0.207. The van der Waals surface area contributed by atoms with Crippen molar-refractivity contribution in [3.8, 4) is 11.8 Å². The molecule has 2 aromatic heterocycles. The summed E-state index contributed by atoms with van der Waals surface area (Å²) in [7, 11) is 0. The van der Waals surface area contributed by atoms with Gasteiger partial charge in [0.15, 0.2) is 11.5 Å². The van der Waals surface area contributed by atoms with Gasteiger partial charge in [-0.1, -0.05) is 17.7 Å². The maximum Gasteiger partial charge on any atom is 0.328 e. The molecule has 4 aliphatic rings. The van der Waals surface area contributed by atoms with Gasteiger partial charge in [0.1, 0.15) is 11.8 Å². The van der Waals surface area contributed by atoms with E-state index in [9.17, 15) is 14.4 Å². The average Bonchev–Trinajstić information content (AvgIpc) is 3.64. The maximum absolute atomic E-state index is 13.0. The summed E-state index contributed by atoms with van der Waals surface area (Å²) in [5, 5.41) is 24.8. The molecule has 2 N–H and O–H groups in total. The van der Waals surface area contributed by atoms with Gasteiger partial charge in [-0.05, 0) is 106 Å². The van der Waals surface area contributed by atoms with E-state index < -0.39 is 0 Å². The number of halogens is 1. The Morgan fingerprint density at radius 1 is 0.964 bits per heavy atom. The van der Waals surface area contributed by atoms with Crippen LogP contribution >= 0.6 is 11.6 Å². The number of rotatable bonds is 9. The van der Waals surface area contributed by atoms with Gasteiger partial charge in [0, 0.05) is 68.9 Å². The first-order chi connectivity index (χ1) is 26.8. The zero-order chi connectivity index (χ0) is 37.9. The van der Waals surface area contributed by atoms with Crippen LogP contribution in [0.3, 0.4) is 0 Å². The molecule has 55 heavy (non-hydrogen) atoms. The van der Waals surface area contributed by atoms with E-state index in [0.29, 0.717) is 47.0 Å². The van der Waals surface area contributed by atoms with Crippen molar-refractivity contribution in [2.24, 2.45) is 5.92 Å². The highest BCUT2D eigenvalue weighted by atomic mass is 35.5. The molecule has 2 aromatic carbocycles. The molecule has 4 aromatic rings. The smallest absolute Gasteiger partial charge is 0.328 e. The molecule has 0 bridgehead atoms. The normalized spacial score (nSPS) is 22.7. The number of nitriles is 1. The van der Waals surface area contributed by atoms with Gasteiger partial charge in [0.05, 0.1) is 27.9 Å². The van der Waals surface area contributed by atoms with Crippen molar-refractivity contribution in [1.82, 2.24) is 30.3 Å². The van der Waals surface area contributed by atoms with Crippen LogP contribution in [-0.2, 0) is 4.79 Å². The second-order valence-corrected chi connectivity index (χ2v) is 15.7. The number of aromatic nitrogens is 3. The van der Waals surface area contributed by atoms with Gasteiger partial charge in [0.2, 0.25) is 5.91 Å². The molecule has 0 unspecified atom stereocenters. The molecule has 8 rings (SSSR count). The van der Waals surface area contributed by atoms with Crippen LogP contribution in [0, 0.1) is 17.2 Å². The van der Waals surface area contributed by atoms with Crippen LogP contribution < -0.4 is 25.2 Å². The minimum absolute atomic E-state index is 0.0325. The van der Waals surface area contributed by atoms with Crippen molar-refractivity contribution in [2.45, 2.75) is 76.0 Å². The minimum Gasteiger partial charge on any atom is -0.490 e. The number of ether oxygens (including phenoxy) is 1. The summed E-state index contributed by atoms with van der Waals surface area (Å²) >= 11 is 6.15. The fourth-order valence-corrected chi connectivity index (χ4v) is 8.92. The zero-order valence-corrected chi connectivity index (χ0v) is 31.6. The lowest BCUT2D eigenvalue weighted by Crippen LogP contribution is -2.49. The number of hydrogen-bond acceptors (Lipinski definition) is 9. The Morgan fingerprint density at radius 2 is 1.80 bits per heavy atom. The Hall–Kier alpha value is -5.19. The molecule has 0 spiro atoms. The van der Waals surface area contributed by atoms with Gasteiger partial charge in [0.25, 0.3) is 5.91 Å². The third kappa shape index (κ3) is 8.26. The molecule has 3 aliphatic heterocycles. The SMILES string of the molecule is N#Cc1ccc(OC2CCC(NC(=O)c3ccc(N4CCC(CN5CCC[C@@H](n6ccc7c(N8CCC(=O)NC8=O)cccc76)C5)CC4)nn3)CC2)cc1Cl. The molecule has 286 valence electrons. The highest BCUT2D eigenvalue weighted by Gasteiger charge is 2.30. The van der Waals surface area contributed by atoms with Crippen molar-refractivity contribution in [2.75, 3.05) is 49.1 Å². The van der Waals surface area contributed by atoms with Crippen molar-refractivity contribution in [3.05, 3.63) is 77.1 Å². The second kappa shape index (κ2) is 16.3. The lowest BCUT2D eigenvalue weighted by Gasteiger charge is -2.39. The van der Waals surface area contributed by atoms with Crippen LogP contribution in [0.15, 0.2) is 60.8 Å². The molecule has 4 fully saturated rings. The number of urea groups is 1. The van der Waals surface area contributed by atoms with E-state index in [1.807, 2.05) is 18.2 Å². The van der Waals surface area contributed by atoms with Crippen LogP contribution in [0.5, 0.6) is 5.75 Å². The molecule has 0 radical (unpaired) electrons. The van der Waals surface area contributed by atoms with Crippen molar-refractivity contribution in [1.29, 1.82) is 5.26 Å². The number of benzene rings is 2. The number of carbonyl (C=O) groups excluding carboxylic acids is 3. The summed E-state index contributed by atoms with van der Waals surface area (Å²) < 4.78 is 8.47. The van der Waals surface area contributed by atoms with Crippen LogP contribution in [-0.4, -0.2) is 88.9 Å². The average molecular weight is 764 g/mol. The van der Waals surface area contributed by atoms with Crippen LogP contribution in [0.25, 0.3) is 10.9 Å². The van der Waals surface area contributed by atoms with E-state index in [4.69, 9.17) is 21.6 Å². The Morgan fingerprint density at radius 3 is 2.55 bits per heavy atom. The number of amides is 4. The van der Waals surface area contributed by atoms with Crippen LogP contribution in [0.1, 0.15) is 79.9 Å². The molecule has 4 amide bonds. The predicted molar refractivity (Wildman–Crippen MR) is 209 cm³/mol. The number of fused-ring (bicyclic) bond motifs is 1. The van der Waals surface area contributed by atoms with E-state index in [0.717, 1.165) is 106 Å². The van der Waals surface area contributed by atoms with Gasteiger partial charge in [-0.15, -0.1) is 10.2 Å². The summed E-state index contributed by atoms with van der Waals surface area (Å²) in [5.74, 6) is 1.62. The van der Waals surface area contributed by atoms with Crippen LogP contribution in [0.2, 0.25) is 5.02 Å². The van der Waals surface area contributed by atoms with E-state index in [1.165, 1.54) is 0 Å². The molecule has 3 saturated heterocycles. The number of nitrogens with one attached hydrogen (secondary N) is 2. The number of imide groups is 1. The lowest BCUT2D eigenvalue weighted by molar-refractivity contribution is -0.120. The Balaban J connectivity index is 0.788. The predicted octanol–water partition coefficient (Wildman–Crippen LogP) is 6.08. The molecule has 14 heteroatoms. The largest absolute Gasteiger partial charge is 0.490 e. The zero-order valence-electron chi connectivity index (χ0n) is 30.8. The number of nitrogens with zero attached hydrogens (tertiary/aromatic N) is 7. The fourth-order valence-electron chi connectivity index (χ4n) is 8.71. The van der Waals surface area contributed by atoms with Crippen molar-refractivity contribution in [3.63, 3.8) is 0 Å². The van der Waals surface area contributed by atoms with Gasteiger partial charge in [-0.3, -0.25) is 19.8 Å². The third-order valence-corrected chi connectivity index (χ3v) is 12.0. The second-order valence-electron chi connectivity index (χ2n) is 15.3. The molecule has 13 nitrogen and oxygen atoms in total. The summed E-state index contributed by atoms with van der Waals surface area (Å²) in [6.07, 6.45) is 10.1. The first-order valence-corrected chi connectivity index (χ1v) is 19.9. The topological polar surface area (TPSA) is 149 Å². The molecular formula is C41H46ClN9O4. The highest BCUT2D eigenvalue weighted by molar-refractivity contribution is 6.31. The fraction of sp³-hybridized carbons (Fsp3) is 0.463. The molecule has 1 atom stereocenters. The highest BCUT2D eigenvalue weighted by Crippen LogP contribution is 2.34. The minimum atomic E-state index is -0.357. The molecule has 5 heterocycles. The Kier molecular flexibility index (Phi) is 10.9. The van der Waals surface area contributed by atoms with E-state index >= 15 is 0 Å². The Labute approximate surface area is 325 Å². The summed E-state index contributed by atoms with van der Waals surface area (Å²) in [6.45, 7) is 5.36. The van der Waals surface area contributed by atoms with E-state index in [1.54, 1.807) is 29.2 Å². The van der Waals surface area contributed by atoms with Gasteiger partial charge >= 0.3 is 6.03 Å². The first kappa shape index (κ1) is 36.8. The number of hydrogen-bond donors (Lipinski definition) is 2. The molecule has 1 saturated carbocycles. The number of piperidine rings is 2. The van der Waals surface area contributed by atoms with Gasteiger partial charge in [-0.2, -0.15) is 5.26 Å². The summed E-state index contributed by atoms with van der Waals surface area (Å²) in [5.41, 5.74) is 2.71. The molecular weight excluding hydrogens is 718 g/mol. The lowest BCUT2D eigenvalue weighted by atomic mass is 9.92. The number of likely N-dealkylation sites (tertiary alicyclic amines) is 1. The summed E-state index contributed by atoms with van der Waals surface area (Å²) in [6, 6.07) is 19.1. The molecule has 1 aliphatic carbocycles. The van der Waals surface area contributed by atoms with Gasteiger partial charge in [-0.25, -0.2) is 4.79 Å². The van der Waals surface area contributed by atoms with Crippen LogP contribution in [0.4, 0.5) is 16.3 Å². The first-order valence-electron chi connectivity index (χ1n) is 19.5. The van der Waals surface area contributed by atoms with Crippen molar-refractivity contribution < 1.29 is 19.1 Å². The third-order valence-electron chi connectivity index (χ3n) is 11.7. The monoisotopic (exact) mass is 763 g/mol. The summed E-state index contributed by atoms with van der Waals surface area (Å²) in [4.78, 5) is 43.9. The standard InChI is InChI=1S/C41H46ClN9O4/c42-34-23-32(9-6-28(34)24-43)55-31-10-7-29(8-11-31)44-40(53)35-12-13-38(47-46-35)49-19-14-27(15-20-49)25-48-18-2-3-30(26-48)50-21-16-33-36(50)4-1-5-37(33)51-22-17-39(52)45-41(51)54/h1,4-6,9,12-13,16,21,23,27,29-31H,2-3,7-8,10-11,14-15,17-20,22,25-26H2,(H,44,53)(H,45,52,54)/t29?,30-,31?/m1/s1. The maximum atomic E-state index is 13.0. The number of carbonyl (C=O) groups is 3. The number of anilines is 2. The van der Waals surface area contributed by atoms with E-state index in [2.05, 4.69) is 59.6 Å².